The number of anilines is 2. The molecule has 5 rings (SSSR count). The fraction of sp³-hybridized carbons (Fsp3) is 0.361. The molecule has 42 heavy (non-hydrogen) atoms. The Labute approximate surface area is 253 Å². The monoisotopic (exact) mass is 580 g/mol. The summed E-state index contributed by atoms with van der Waals surface area (Å²) in [7, 11) is 0. The van der Waals surface area contributed by atoms with Gasteiger partial charge < -0.3 is 10.6 Å². The van der Waals surface area contributed by atoms with Crippen LogP contribution in [0.1, 0.15) is 88.7 Å². The third-order valence-corrected chi connectivity index (χ3v) is 9.60. The number of allylic oxidation sites excluding steroid dienone is 4. The molecule has 2 amide bonds. The van der Waals surface area contributed by atoms with Crippen molar-refractivity contribution >= 4 is 39.6 Å². The largest absolute Gasteiger partial charge is 0.322 e. The first-order valence-electron chi connectivity index (χ1n) is 15.2. The van der Waals surface area contributed by atoms with E-state index in [-0.39, 0.29) is 29.4 Å². The summed E-state index contributed by atoms with van der Waals surface area (Å²) in [6.07, 6.45) is 14.1. The molecule has 0 spiro atoms. The Morgan fingerprint density at radius 2 is 1.71 bits per heavy atom. The zero-order valence-electron chi connectivity index (χ0n) is 24.8. The maximum Gasteiger partial charge on any atom is 0.258 e. The van der Waals surface area contributed by atoms with E-state index in [2.05, 4.69) is 48.8 Å². The Morgan fingerprint density at radius 3 is 2.45 bits per heavy atom. The number of carbonyl (C=O) groups excluding carboxylic acids is 3. The van der Waals surface area contributed by atoms with Crippen molar-refractivity contribution in [3.05, 3.63) is 105 Å². The lowest BCUT2D eigenvalue weighted by Crippen LogP contribution is -2.18. The predicted molar refractivity (Wildman–Crippen MR) is 173 cm³/mol. The molecule has 5 nitrogen and oxygen atoms in total. The molecular formula is C36H40N2O3S. The molecule has 2 aliphatic carbocycles. The van der Waals surface area contributed by atoms with Crippen LogP contribution in [-0.2, 0) is 30.5 Å². The van der Waals surface area contributed by atoms with Crippen molar-refractivity contribution in [1.82, 2.24) is 0 Å². The van der Waals surface area contributed by atoms with E-state index in [1.54, 1.807) is 6.92 Å². The Hall–Kier alpha value is -3.77. The number of thiophene rings is 1. The first-order chi connectivity index (χ1) is 20.3. The first-order valence-corrected chi connectivity index (χ1v) is 16.0. The van der Waals surface area contributed by atoms with Gasteiger partial charge in [-0.1, -0.05) is 61.9 Å². The van der Waals surface area contributed by atoms with Gasteiger partial charge in [0.25, 0.3) is 11.8 Å². The van der Waals surface area contributed by atoms with Gasteiger partial charge in [0.05, 0.1) is 5.56 Å². The van der Waals surface area contributed by atoms with E-state index < -0.39 is 0 Å². The lowest BCUT2D eigenvalue weighted by molar-refractivity contribution is -0.120. The molecule has 2 atom stereocenters. The van der Waals surface area contributed by atoms with Gasteiger partial charge in [-0.15, -0.1) is 11.3 Å². The fourth-order valence-electron chi connectivity index (χ4n) is 6.02. The number of nitrogens with one attached hydrogen (secondary N) is 2. The number of carbonyl (C=O) groups is 3. The van der Waals surface area contributed by atoms with Gasteiger partial charge in [-0.3, -0.25) is 14.4 Å². The molecule has 0 bridgehead atoms. The second kappa shape index (κ2) is 13.5. The average Bonchev–Trinajstić information content (AvgIpc) is 3.35. The summed E-state index contributed by atoms with van der Waals surface area (Å²) in [5, 5.41) is 6.79. The zero-order valence-corrected chi connectivity index (χ0v) is 25.6. The van der Waals surface area contributed by atoms with Crippen molar-refractivity contribution in [3.63, 3.8) is 0 Å². The molecule has 1 aromatic heterocycles. The minimum atomic E-state index is -0.185. The van der Waals surface area contributed by atoms with E-state index in [9.17, 15) is 14.4 Å². The number of rotatable bonds is 10. The number of amides is 2. The Balaban J connectivity index is 1.22. The topological polar surface area (TPSA) is 75.3 Å². The lowest BCUT2D eigenvalue weighted by Gasteiger charge is -2.20. The van der Waals surface area contributed by atoms with Gasteiger partial charge in [0.1, 0.15) is 10.8 Å². The maximum atomic E-state index is 13.6. The zero-order chi connectivity index (χ0) is 29.6. The van der Waals surface area contributed by atoms with Crippen molar-refractivity contribution in [2.75, 3.05) is 10.6 Å². The van der Waals surface area contributed by atoms with Crippen LogP contribution in [0.25, 0.3) is 0 Å². The van der Waals surface area contributed by atoms with Crippen molar-refractivity contribution in [3.8, 4) is 0 Å². The molecule has 218 valence electrons. The molecule has 6 heteroatoms. The SMILES string of the molecule is CCc1cccc(C(=O)Nc2sc3c(c2C(=O)Nc2ccc(CCCC4=CC(C)C(C(C)=O)C=C4)cc2)CCCC3)c1. The van der Waals surface area contributed by atoms with Crippen molar-refractivity contribution in [2.45, 2.75) is 72.1 Å². The summed E-state index contributed by atoms with van der Waals surface area (Å²) in [5.41, 5.74) is 6.65. The van der Waals surface area contributed by atoms with E-state index in [1.807, 2.05) is 42.5 Å². The van der Waals surface area contributed by atoms with E-state index >= 15 is 0 Å². The van der Waals surface area contributed by atoms with Crippen LogP contribution in [0.4, 0.5) is 10.7 Å². The molecule has 0 radical (unpaired) electrons. The number of aryl methyl sites for hydroxylation is 3. The molecule has 3 aromatic rings. The van der Waals surface area contributed by atoms with Crippen molar-refractivity contribution in [1.29, 1.82) is 0 Å². The van der Waals surface area contributed by atoms with Gasteiger partial charge in [0.15, 0.2) is 0 Å². The molecule has 0 aliphatic heterocycles. The Morgan fingerprint density at radius 1 is 0.929 bits per heavy atom. The van der Waals surface area contributed by atoms with E-state index in [0.717, 1.165) is 68.2 Å². The molecule has 2 unspecified atom stereocenters. The molecular weight excluding hydrogens is 540 g/mol. The predicted octanol–water partition coefficient (Wildman–Crippen LogP) is 8.35. The van der Waals surface area contributed by atoms with Gasteiger partial charge in [0.2, 0.25) is 0 Å². The summed E-state index contributed by atoms with van der Waals surface area (Å²) in [4.78, 5) is 39.7. The second-order valence-corrected chi connectivity index (χ2v) is 12.6. The normalized spacial score (nSPS) is 17.7. The summed E-state index contributed by atoms with van der Waals surface area (Å²) in [6, 6.07) is 15.7. The summed E-state index contributed by atoms with van der Waals surface area (Å²) in [6.45, 7) is 5.84. The fourth-order valence-corrected chi connectivity index (χ4v) is 7.30. The number of Topliss-reactive ketones (excluding diaryl/α,β-unsaturated/α-hetero) is 1. The number of benzene rings is 2. The van der Waals surface area contributed by atoms with Gasteiger partial charge in [0, 0.05) is 22.0 Å². The summed E-state index contributed by atoms with van der Waals surface area (Å²) >= 11 is 1.54. The van der Waals surface area contributed by atoms with Crippen LogP contribution >= 0.6 is 11.3 Å². The lowest BCUT2D eigenvalue weighted by atomic mass is 9.83. The molecule has 1 heterocycles. The Kier molecular flexibility index (Phi) is 9.53. The minimum Gasteiger partial charge on any atom is -0.322 e. The highest BCUT2D eigenvalue weighted by Gasteiger charge is 2.27. The smallest absolute Gasteiger partial charge is 0.258 e. The average molecular weight is 581 g/mol. The van der Waals surface area contributed by atoms with Crippen molar-refractivity contribution in [2.24, 2.45) is 11.8 Å². The number of hydrogen-bond acceptors (Lipinski definition) is 4. The highest BCUT2D eigenvalue weighted by molar-refractivity contribution is 7.17. The van der Waals surface area contributed by atoms with Crippen LogP contribution in [0.2, 0.25) is 0 Å². The Bertz CT molecular complexity index is 1530. The van der Waals surface area contributed by atoms with Crippen LogP contribution in [-0.4, -0.2) is 17.6 Å². The molecule has 2 N–H and O–H groups in total. The minimum absolute atomic E-state index is 0.00121. The van der Waals surface area contributed by atoms with Crippen LogP contribution in [0.15, 0.2) is 72.3 Å². The van der Waals surface area contributed by atoms with Crippen LogP contribution in [0.5, 0.6) is 0 Å². The maximum absolute atomic E-state index is 13.6. The molecule has 0 fully saturated rings. The van der Waals surface area contributed by atoms with Gasteiger partial charge in [-0.05, 0) is 105 Å². The third kappa shape index (κ3) is 6.99. The third-order valence-electron chi connectivity index (χ3n) is 8.40. The summed E-state index contributed by atoms with van der Waals surface area (Å²) < 4.78 is 0. The molecule has 2 aliphatic rings. The van der Waals surface area contributed by atoms with Crippen LogP contribution in [0, 0.1) is 11.8 Å². The van der Waals surface area contributed by atoms with Gasteiger partial charge >= 0.3 is 0 Å². The highest BCUT2D eigenvalue weighted by Crippen LogP contribution is 2.39. The first kappa shape index (κ1) is 29.7. The highest BCUT2D eigenvalue weighted by atomic mass is 32.1. The second-order valence-electron chi connectivity index (χ2n) is 11.5. The van der Waals surface area contributed by atoms with E-state index in [4.69, 9.17) is 0 Å². The molecule has 2 aromatic carbocycles. The van der Waals surface area contributed by atoms with E-state index in [0.29, 0.717) is 16.1 Å². The van der Waals surface area contributed by atoms with Crippen molar-refractivity contribution < 1.29 is 14.4 Å². The van der Waals surface area contributed by atoms with Gasteiger partial charge in [-0.25, -0.2) is 0 Å². The number of hydrogen-bond donors (Lipinski definition) is 2. The number of ketones is 1. The van der Waals surface area contributed by atoms with E-state index in [1.165, 1.54) is 27.4 Å². The number of fused-ring (bicyclic) bond motifs is 1. The molecule has 0 saturated heterocycles. The van der Waals surface area contributed by atoms with Crippen LogP contribution in [0.3, 0.4) is 0 Å². The molecule has 0 saturated carbocycles. The van der Waals surface area contributed by atoms with Crippen LogP contribution < -0.4 is 10.6 Å². The standard InChI is InChI=1S/C36H40N2O3S/c1-4-25-9-8-12-28(22-25)34(40)38-36-33(31-13-5-6-14-32(31)42-36)35(41)37-29-18-15-26(16-19-29)10-7-11-27-17-20-30(24(3)39)23(2)21-27/h8-9,12,15-23,30H,4-7,10-11,13-14H2,1-3H3,(H,37,41)(H,38,40). The van der Waals surface area contributed by atoms with Gasteiger partial charge in [-0.2, -0.15) is 0 Å². The summed E-state index contributed by atoms with van der Waals surface area (Å²) in [5.74, 6) is 0.115. The quantitative estimate of drug-likeness (QED) is 0.253.